The zero-order valence-electron chi connectivity index (χ0n) is 14.8. The lowest BCUT2D eigenvalue weighted by molar-refractivity contribution is -0.125. The molecule has 2 N–H and O–H groups in total. The molecule has 0 aliphatic carbocycles. The zero-order valence-corrected chi connectivity index (χ0v) is 15.6. The minimum absolute atomic E-state index is 0.166. The summed E-state index contributed by atoms with van der Waals surface area (Å²) < 4.78 is 5.85. The van der Waals surface area contributed by atoms with E-state index in [4.69, 9.17) is 9.84 Å². The van der Waals surface area contributed by atoms with E-state index in [9.17, 15) is 4.79 Å². The summed E-state index contributed by atoms with van der Waals surface area (Å²) in [6.07, 6.45) is 3.49. The SMILES string of the molecule is CSC(Oc1ccc2ncc(C#CCO)cc2c1)C(=O)NC(C)(C)C. The number of aliphatic hydroxyl groups is 1. The summed E-state index contributed by atoms with van der Waals surface area (Å²) >= 11 is 1.33. The maximum absolute atomic E-state index is 12.3. The van der Waals surface area contributed by atoms with Crippen LogP contribution in [0.15, 0.2) is 30.5 Å². The molecule has 0 fully saturated rings. The van der Waals surface area contributed by atoms with E-state index in [1.807, 2.05) is 45.2 Å². The Balaban J connectivity index is 2.23. The summed E-state index contributed by atoms with van der Waals surface area (Å²) in [5.41, 5.74) is 0.566. The van der Waals surface area contributed by atoms with E-state index in [1.54, 1.807) is 12.3 Å². The summed E-state index contributed by atoms with van der Waals surface area (Å²) in [5, 5.41) is 12.6. The number of benzene rings is 1. The van der Waals surface area contributed by atoms with Crippen LogP contribution in [0.4, 0.5) is 0 Å². The fourth-order valence-corrected chi connectivity index (χ4v) is 2.63. The van der Waals surface area contributed by atoms with Crippen LogP contribution >= 0.6 is 11.8 Å². The Bertz CT molecular complexity index is 819. The Hall–Kier alpha value is -2.23. The molecule has 25 heavy (non-hydrogen) atoms. The average molecular weight is 358 g/mol. The largest absolute Gasteiger partial charge is 0.470 e. The zero-order chi connectivity index (χ0) is 18.4. The van der Waals surface area contributed by atoms with Gasteiger partial charge in [0.05, 0.1) is 5.52 Å². The van der Waals surface area contributed by atoms with E-state index >= 15 is 0 Å². The second-order valence-corrected chi connectivity index (χ2v) is 7.36. The average Bonchev–Trinajstić information content (AvgIpc) is 2.55. The van der Waals surface area contributed by atoms with Gasteiger partial charge in [-0.25, -0.2) is 0 Å². The molecular formula is C19H22N2O3S. The molecule has 5 nitrogen and oxygen atoms in total. The van der Waals surface area contributed by atoms with Crippen molar-refractivity contribution >= 4 is 28.6 Å². The van der Waals surface area contributed by atoms with Gasteiger partial charge in [-0.1, -0.05) is 11.8 Å². The number of hydrogen-bond donors (Lipinski definition) is 2. The third-order valence-electron chi connectivity index (χ3n) is 3.13. The van der Waals surface area contributed by atoms with Crippen LogP contribution in [0.25, 0.3) is 10.9 Å². The number of aromatic nitrogens is 1. The van der Waals surface area contributed by atoms with E-state index in [-0.39, 0.29) is 18.1 Å². The number of nitrogens with zero attached hydrogens (tertiary/aromatic N) is 1. The third kappa shape index (κ3) is 5.66. The molecule has 1 heterocycles. The summed E-state index contributed by atoms with van der Waals surface area (Å²) in [4.78, 5) is 16.7. The van der Waals surface area contributed by atoms with Gasteiger partial charge in [0.25, 0.3) is 5.91 Å². The molecule has 0 aliphatic rings. The number of ether oxygens (including phenoxy) is 1. The topological polar surface area (TPSA) is 71.5 Å². The van der Waals surface area contributed by atoms with Crippen molar-refractivity contribution in [3.05, 3.63) is 36.0 Å². The van der Waals surface area contributed by atoms with Gasteiger partial charge < -0.3 is 15.2 Å². The van der Waals surface area contributed by atoms with Gasteiger partial charge in [0.15, 0.2) is 0 Å². The van der Waals surface area contributed by atoms with E-state index in [0.29, 0.717) is 11.3 Å². The molecule has 2 rings (SSSR count). The Labute approximate surface area is 152 Å². The van der Waals surface area contributed by atoms with Crippen LogP contribution in [0, 0.1) is 11.8 Å². The Morgan fingerprint density at radius 2 is 2.16 bits per heavy atom. The number of carbonyl (C=O) groups is 1. The fourth-order valence-electron chi connectivity index (χ4n) is 2.15. The molecule has 6 heteroatoms. The standard InChI is InChI=1S/C19H22N2O3S/c1-19(2,3)21-17(23)18(25-4)24-15-7-8-16-14(11-15)10-13(12-20-16)6-5-9-22/h7-8,10-12,18,22H,9H2,1-4H3,(H,21,23). The number of thioether (sulfide) groups is 1. The van der Waals surface area contributed by atoms with Crippen LogP contribution in [-0.4, -0.2) is 39.8 Å². The van der Waals surface area contributed by atoms with Crippen molar-refractivity contribution in [2.45, 2.75) is 31.7 Å². The first-order valence-corrected chi connectivity index (χ1v) is 9.12. The quantitative estimate of drug-likeness (QED) is 0.649. The van der Waals surface area contributed by atoms with Crippen molar-refractivity contribution in [3.8, 4) is 17.6 Å². The molecule has 132 valence electrons. The third-order valence-corrected chi connectivity index (χ3v) is 3.87. The maximum Gasteiger partial charge on any atom is 0.272 e. The van der Waals surface area contributed by atoms with E-state index in [1.165, 1.54) is 11.8 Å². The lowest BCUT2D eigenvalue weighted by atomic mass is 10.1. The Morgan fingerprint density at radius 1 is 1.40 bits per heavy atom. The number of fused-ring (bicyclic) bond motifs is 1. The minimum Gasteiger partial charge on any atom is -0.470 e. The maximum atomic E-state index is 12.3. The lowest BCUT2D eigenvalue weighted by Gasteiger charge is -2.24. The number of amides is 1. The van der Waals surface area contributed by atoms with E-state index in [2.05, 4.69) is 22.1 Å². The van der Waals surface area contributed by atoms with Gasteiger partial charge in [-0.05, 0) is 51.3 Å². The molecule has 0 radical (unpaired) electrons. The molecule has 1 atom stereocenters. The minimum atomic E-state index is -0.637. The first kappa shape index (κ1) is 19.1. The van der Waals surface area contributed by atoms with Crippen LogP contribution < -0.4 is 10.1 Å². The van der Waals surface area contributed by atoms with Crippen LogP contribution in [0.1, 0.15) is 26.3 Å². The molecule has 1 aromatic carbocycles. The molecule has 1 aromatic heterocycles. The van der Waals surface area contributed by atoms with E-state index < -0.39 is 5.44 Å². The number of rotatable bonds is 4. The fraction of sp³-hybridized carbons (Fsp3) is 0.368. The van der Waals surface area contributed by atoms with Crippen LogP contribution in [0.2, 0.25) is 0 Å². The van der Waals surface area contributed by atoms with Gasteiger partial charge >= 0.3 is 0 Å². The van der Waals surface area contributed by atoms with E-state index in [0.717, 1.165) is 10.9 Å². The number of nitrogens with one attached hydrogen (secondary N) is 1. The number of carbonyl (C=O) groups excluding carboxylic acids is 1. The van der Waals surface area contributed by atoms with Crippen LogP contribution in [0.3, 0.4) is 0 Å². The molecule has 0 spiro atoms. The highest BCUT2D eigenvalue weighted by Gasteiger charge is 2.23. The van der Waals surface area contributed by atoms with Gasteiger partial charge in [0.1, 0.15) is 12.4 Å². The molecule has 0 saturated carbocycles. The Kier molecular flexibility index (Phi) is 6.29. The smallest absolute Gasteiger partial charge is 0.272 e. The number of pyridine rings is 1. The molecule has 1 amide bonds. The highest BCUT2D eigenvalue weighted by atomic mass is 32.2. The van der Waals surface area contributed by atoms with Crippen molar-refractivity contribution in [1.82, 2.24) is 10.3 Å². The van der Waals surface area contributed by atoms with Crippen molar-refractivity contribution in [3.63, 3.8) is 0 Å². The molecule has 0 saturated heterocycles. The van der Waals surface area contributed by atoms with Gasteiger partial charge in [-0.2, -0.15) is 0 Å². The lowest BCUT2D eigenvalue weighted by Crippen LogP contribution is -2.46. The first-order valence-electron chi connectivity index (χ1n) is 7.83. The second-order valence-electron chi connectivity index (χ2n) is 6.46. The van der Waals surface area contributed by atoms with Crippen molar-refractivity contribution in [1.29, 1.82) is 0 Å². The monoisotopic (exact) mass is 358 g/mol. The van der Waals surface area contributed by atoms with Gasteiger partial charge in [0, 0.05) is 22.7 Å². The number of hydrogen-bond acceptors (Lipinski definition) is 5. The van der Waals surface area contributed by atoms with Gasteiger partial charge in [0.2, 0.25) is 5.44 Å². The second kappa shape index (κ2) is 8.24. The summed E-state index contributed by atoms with van der Waals surface area (Å²) in [6, 6.07) is 7.34. The van der Waals surface area contributed by atoms with Crippen molar-refractivity contribution < 1.29 is 14.6 Å². The molecule has 2 aromatic rings. The van der Waals surface area contributed by atoms with Gasteiger partial charge in [-0.3, -0.25) is 9.78 Å². The summed E-state index contributed by atoms with van der Waals surface area (Å²) in [6.45, 7) is 5.59. The molecule has 0 bridgehead atoms. The predicted molar refractivity (Wildman–Crippen MR) is 102 cm³/mol. The normalized spacial score (nSPS) is 12.2. The van der Waals surface area contributed by atoms with Crippen LogP contribution in [0.5, 0.6) is 5.75 Å². The highest BCUT2D eigenvalue weighted by Crippen LogP contribution is 2.23. The molecular weight excluding hydrogens is 336 g/mol. The predicted octanol–water partition coefficient (Wildman–Crippen LogP) is 2.56. The summed E-state index contributed by atoms with van der Waals surface area (Å²) in [5.74, 6) is 5.85. The summed E-state index contributed by atoms with van der Waals surface area (Å²) in [7, 11) is 0. The Morgan fingerprint density at radius 3 is 2.80 bits per heavy atom. The highest BCUT2D eigenvalue weighted by molar-refractivity contribution is 7.99. The van der Waals surface area contributed by atoms with Crippen molar-refractivity contribution in [2.75, 3.05) is 12.9 Å². The first-order chi connectivity index (χ1) is 11.8. The van der Waals surface area contributed by atoms with Gasteiger partial charge in [-0.15, -0.1) is 11.8 Å². The molecule has 0 aliphatic heterocycles. The molecule has 1 unspecified atom stereocenters. The number of aliphatic hydroxyl groups excluding tert-OH is 1. The van der Waals surface area contributed by atoms with Crippen molar-refractivity contribution in [2.24, 2.45) is 0 Å². The van der Waals surface area contributed by atoms with Crippen LogP contribution in [-0.2, 0) is 4.79 Å².